The van der Waals surface area contributed by atoms with Crippen LogP contribution < -0.4 is 14.2 Å². The van der Waals surface area contributed by atoms with Crippen molar-refractivity contribution in [3.8, 4) is 17.2 Å². The molecule has 0 aliphatic rings. The second-order valence-electron chi connectivity index (χ2n) is 5.59. The lowest BCUT2D eigenvalue weighted by molar-refractivity contribution is -0.383. The lowest BCUT2D eigenvalue weighted by atomic mass is 10.1. The Labute approximate surface area is 156 Å². The fourth-order valence-electron chi connectivity index (χ4n) is 2.84. The maximum Gasteiger partial charge on any atom is 0.278 e. The van der Waals surface area contributed by atoms with Crippen molar-refractivity contribution in [1.82, 2.24) is 4.98 Å². The number of ether oxygens (including phenoxy) is 3. The summed E-state index contributed by atoms with van der Waals surface area (Å²) in [5.41, 5.74) is 2.05. The lowest BCUT2D eigenvalue weighted by Crippen LogP contribution is -1.96. The van der Waals surface area contributed by atoms with Crippen LogP contribution in [-0.4, -0.2) is 31.2 Å². The number of hydrogen-bond donors (Lipinski definition) is 0. The van der Waals surface area contributed by atoms with Crippen molar-refractivity contribution >= 4 is 28.7 Å². The number of non-ortho nitro benzene ring substituents is 1. The van der Waals surface area contributed by atoms with Gasteiger partial charge in [-0.2, -0.15) is 0 Å². The number of methoxy groups -OCH3 is 3. The fraction of sp³-hybridized carbons (Fsp3) is 0.150. The van der Waals surface area contributed by atoms with E-state index in [1.807, 2.05) is 18.2 Å². The first kappa shape index (κ1) is 18.2. The van der Waals surface area contributed by atoms with E-state index >= 15 is 0 Å². The van der Waals surface area contributed by atoms with Crippen molar-refractivity contribution in [2.75, 3.05) is 21.3 Å². The third-order valence-corrected chi connectivity index (χ3v) is 4.10. The van der Waals surface area contributed by atoms with Gasteiger partial charge in [0.05, 0.1) is 42.8 Å². The summed E-state index contributed by atoms with van der Waals surface area (Å²) in [7, 11) is 4.67. The lowest BCUT2D eigenvalue weighted by Gasteiger charge is -2.13. The second-order valence-corrected chi connectivity index (χ2v) is 5.59. The molecule has 1 heterocycles. The van der Waals surface area contributed by atoms with Gasteiger partial charge in [0.2, 0.25) is 5.75 Å². The fourth-order valence-corrected chi connectivity index (χ4v) is 2.84. The zero-order valence-corrected chi connectivity index (χ0v) is 15.1. The molecule has 0 spiro atoms. The second kappa shape index (κ2) is 7.74. The molecule has 0 saturated heterocycles. The van der Waals surface area contributed by atoms with Crippen LogP contribution in [0.25, 0.3) is 23.1 Å². The number of rotatable bonds is 6. The average Bonchev–Trinajstić information content (AvgIpc) is 2.70. The minimum atomic E-state index is -0.409. The minimum absolute atomic E-state index is 0.0390. The van der Waals surface area contributed by atoms with E-state index in [1.165, 1.54) is 6.07 Å². The molecule has 0 radical (unpaired) electrons. The van der Waals surface area contributed by atoms with E-state index in [1.54, 1.807) is 51.7 Å². The molecule has 1 aromatic heterocycles. The van der Waals surface area contributed by atoms with Crippen molar-refractivity contribution < 1.29 is 19.1 Å². The van der Waals surface area contributed by atoms with E-state index in [9.17, 15) is 10.1 Å². The van der Waals surface area contributed by atoms with Gasteiger partial charge in [0.15, 0.2) is 11.5 Å². The number of nitro groups is 1. The van der Waals surface area contributed by atoms with Crippen molar-refractivity contribution in [3.05, 3.63) is 63.8 Å². The van der Waals surface area contributed by atoms with E-state index in [0.717, 1.165) is 5.56 Å². The highest BCUT2D eigenvalue weighted by molar-refractivity contribution is 5.89. The highest BCUT2D eigenvalue weighted by Gasteiger charge is 2.14. The maximum absolute atomic E-state index is 11.1. The third-order valence-electron chi connectivity index (χ3n) is 4.10. The first-order valence-corrected chi connectivity index (χ1v) is 8.10. The van der Waals surface area contributed by atoms with Crippen molar-refractivity contribution in [1.29, 1.82) is 0 Å². The molecule has 0 fully saturated rings. The maximum atomic E-state index is 11.1. The molecular formula is C20H18N2O5. The molecule has 2 aromatic carbocycles. The zero-order valence-electron chi connectivity index (χ0n) is 15.1. The van der Waals surface area contributed by atoms with Gasteiger partial charge in [0, 0.05) is 11.6 Å². The molecule has 3 aromatic rings. The van der Waals surface area contributed by atoms with Crippen molar-refractivity contribution in [2.24, 2.45) is 0 Å². The molecule has 0 aliphatic carbocycles. The van der Waals surface area contributed by atoms with Gasteiger partial charge in [-0.3, -0.25) is 10.1 Å². The summed E-state index contributed by atoms with van der Waals surface area (Å²) in [6.07, 6.45) is 3.65. The van der Waals surface area contributed by atoms with Crippen molar-refractivity contribution in [3.63, 3.8) is 0 Å². The number of aromatic nitrogens is 1. The molecule has 7 heteroatoms. The van der Waals surface area contributed by atoms with Crippen LogP contribution in [0.1, 0.15) is 11.3 Å². The average molecular weight is 366 g/mol. The SMILES string of the molecule is COc1ccc(/C=C/c2ccc3c([N+](=O)[O-])cccc3n2)c(OC)c1OC. The van der Waals surface area contributed by atoms with Crippen LogP contribution in [0.3, 0.4) is 0 Å². The van der Waals surface area contributed by atoms with Gasteiger partial charge in [-0.15, -0.1) is 0 Å². The Morgan fingerprint density at radius 3 is 2.37 bits per heavy atom. The normalized spacial score (nSPS) is 10.9. The van der Waals surface area contributed by atoms with Gasteiger partial charge in [-0.05, 0) is 42.5 Å². The van der Waals surface area contributed by atoms with E-state index < -0.39 is 4.92 Å². The van der Waals surface area contributed by atoms with Gasteiger partial charge < -0.3 is 14.2 Å². The highest BCUT2D eigenvalue weighted by atomic mass is 16.6. The third kappa shape index (κ3) is 3.52. The minimum Gasteiger partial charge on any atom is -0.493 e. The molecule has 0 aliphatic heterocycles. The summed E-state index contributed by atoms with van der Waals surface area (Å²) in [6, 6.07) is 11.9. The van der Waals surface area contributed by atoms with Gasteiger partial charge in [0.25, 0.3) is 5.69 Å². The molecule has 27 heavy (non-hydrogen) atoms. The molecule has 0 N–H and O–H groups in total. The molecule has 3 rings (SSSR count). The highest BCUT2D eigenvalue weighted by Crippen LogP contribution is 2.40. The predicted molar refractivity (Wildman–Crippen MR) is 103 cm³/mol. The number of fused-ring (bicyclic) bond motifs is 1. The standard InChI is InChI=1S/C20H18N2O5/c1-25-18-12-8-13(19(26-2)20(18)27-3)7-9-14-10-11-15-16(21-14)5-4-6-17(15)22(23)24/h4-12H,1-3H3/b9-7+. The van der Waals surface area contributed by atoms with Gasteiger partial charge >= 0.3 is 0 Å². The number of pyridine rings is 1. The largest absolute Gasteiger partial charge is 0.493 e. The summed E-state index contributed by atoms with van der Waals surface area (Å²) in [4.78, 5) is 15.2. The Balaban J connectivity index is 2.00. The summed E-state index contributed by atoms with van der Waals surface area (Å²) >= 11 is 0. The molecular weight excluding hydrogens is 348 g/mol. The molecule has 0 saturated carbocycles. The van der Waals surface area contributed by atoms with Gasteiger partial charge in [-0.25, -0.2) is 4.98 Å². The number of nitro benzene ring substituents is 1. The Morgan fingerprint density at radius 2 is 1.70 bits per heavy atom. The zero-order chi connectivity index (χ0) is 19.4. The Kier molecular flexibility index (Phi) is 5.21. The van der Waals surface area contributed by atoms with Crippen LogP contribution in [0.15, 0.2) is 42.5 Å². The van der Waals surface area contributed by atoms with Crippen molar-refractivity contribution in [2.45, 2.75) is 0 Å². The van der Waals surface area contributed by atoms with E-state index in [2.05, 4.69) is 4.98 Å². The number of hydrogen-bond acceptors (Lipinski definition) is 6. The Bertz CT molecular complexity index is 1030. The summed E-state index contributed by atoms with van der Waals surface area (Å²) in [6.45, 7) is 0. The number of nitrogens with zero attached hydrogens (tertiary/aromatic N) is 2. The smallest absolute Gasteiger partial charge is 0.278 e. The Morgan fingerprint density at radius 1 is 0.926 bits per heavy atom. The molecule has 0 atom stereocenters. The summed E-state index contributed by atoms with van der Waals surface area (Å²) < 4.78 is 16.1. The monoisotopic (exact) mass is 366 g/mol. The molecule has 0 amide bonds. The van der Waals surface area contributed by atoms with E-state index in [4.69, 9.17) is 14.2 Å². The molecule has 7 nitrogen and oxygen atoms in total. The van der Waals surface area contributed by atoms with Gasteiger partial charge in [-0.1, -0.05) is 6.07 Å². The van der Waals surface area contributed by atoms with E-state index in [-0.39, 0.29) is 5.69 Å². The molecule has 138 valence electrons. The first-order valence-electron chi connectivity index (χ1n) is 8.10. The summed E-state index contributed by atoms with van der Waals surface area (Å²) in [5.74, 6) is 1.62. The number of benzene rings is 2. The van der Waals surface area contributed by atoms with Crippen LogP contribution in [0, 0.1) is 10.1 Å². The summed E-state index contributed by atoms with van der Waals surface area (Å²) in [5, 5.41) is 11.6. The van der Waals surface area contributed by atoms with Gasteiger partial charge in [0.1, 0.15) is 0 Å². The molecule has 0 bridgehead atoms. The van der Waals surface area contributed by atoms with E-state index in [0.29, 0.717) is 33.8 Å². The quantitative estimate of drug-likeness (QED) is 0.477. The molecule has 0 unspecified atom stereocenters. The van der Waals surface area contributed by atoms with Crippen LogP contribution in [0.5, 0.6) is 17.2 Å². The first-order chi connectivity index (χ1) is 13.1. The van der Waals surface area contributed by atoms with Crippen LogP contribution >= 0.6 is 0 Å². The topological polar surface area (TPSA) is 83.7 Å². The van der Waals surface area contributed by atoms with Crippen LogP contribution in [-0.2, 0) is 0 Å². The Hall–Kier alpha value is -3.61. The predicted octanol–water partition coefficient (Wildman–Crippen LogP) is 4.34. The van der Waals surface area contributed by atoms with Crippen LogP contribution in [0.4, 0.5) is 5.69 Å². The van der Waals surface area contributed by atoms with Crippen LogP contribution in [0.2, 0.25) is 0 Å².